The van der Waals surface area contributed by atoms with Gasteiger partial charge in [-0.05, 0) is 12.1 Å². The summed E-state index contributed by atoms with van der Waals surface area (Å²) in [6, 6.07) is 9.97. The Morgan fingerprint density at radius 1 is 0.731 bits per heavy atom. The molecular formula is C18H12Cl4O4. The van der Waals surface area contributed by atoms with Crippen molar-refractivity contribution in [1.29, 1.82) is 0 Å². The van der Waals surface area contributed by atoms with E-state index >= 15 is 0 Å². The van der Waals surface area contributed by atoms with Crippen LogP contribution in [0.2, 0.25) is 20.1 Å². The summed E-state index contributed by atoms with van der Waals surface area (Å²) in [5.41, 5.74) is 1.11. The Morgan fingerprint density at radius 3 is 1.50 bits per heavy atom. The van der Waals surface area contributed by atoms with Gasteiger partial charge in [-0.2, -0.15) is 0 Å². The summed E-state index contributed by atoms with van der Waals surface area (Å²) in [7, 11) is 0. The molecule has 0 saturated heterocycles. The quantitative estimate of drug-likeness (QED) is 0.436. The van der Waals surface area contributed by atoms with Gasteiger partial charge in [0.15, 0.2) is 0 Å². The largest absolute Gasteiger partial charge is 0.458 e. The fourth-order valence-corrected chi connectivity index (χ4v) is 2.60. The zero-order valence-electron chi connectivity index (χ0n) is 13.2. The lowest BCUT2D eigenvalue weighted by Gasteiger charge is -2.06. The summed E-state index contributed by atoms with van der Waals surface area (Å²) in [5.74, 6) is -1.45. The highest BCUT2D eigenvalue weighted by atomic mass is 35.5. The molecule has 0 heterocycles. The normalized spacial score (nSPS) is 10.8. The maximum Gasteiger partial charge on any atom is 0.331 e. The maximum atomic E-state index is 11.7. The Hall–Kier alpha value is -1.72. The van der Waals surface area contributed by atoms with Crippen molar-refractivity contribution in [2.24, 2.45) is 0 Å². The maximum absolute atomic E-state index is 11.7. The van der Waals surface area contributed by atoms with Crippen molar-refractivity contribution in [3.8, 4) is 0 Å². The van der Waals surface area contributed by atoms with Crippen LogP contribution in [0.25, 0.3) is 0 Å². The number of hydrogen-bond acceptors (Lipinski definition) is 4. The Labute approximate surface area is 170 Å². The monoisotopic (exact) mass is 432 g/mol. The minimum absolute atomic E-state index is 0.0737. The lowest BCUT2D eigenvalue weighted by atomic mass is 10.2. The van der Waals surface area contributed by atoms with Gasteiger partial charge in [-0.3, -0.25) is 0 Å². The second-order valence-electron chi connectivity index (χ2n) is 4.97. The van der Waals surface area contributed by atoms with E-state index in [1.165, 1.54) is 0 Å². The van der Waals surface area contributed by atoms with Gasteiger partial charge in [0.2, 0.25) is 0 Å². The van der Waals surface area contributed by atoms with E-state index in [4.69, 9.17) is 55.9 Å². The molecule has 26 heavy (non-hydrogen) atoms. The zero-order chi connectivity index (χ0) is 19.1. The van der Waals surface area contributed by atoms with Crippen LogP contribution in [-0.4, -0.2) is 11.9 Å². The first-order chi connectivity index (χ1) is 12.4. The van der Waals surface area contributed by atoms with Crippen molar-refractivity contribution >= 4 is 58.3 Å². The molecule has 0 N–H and O–H groups in total. The molecule has 2 rings (SSSR count). The smallest absolute Gasteiger partial charge is 0.331 e. The van der Waals surface area contributed by atoms with Crippen LogP contribution in [0.1, 0.15) is 11.1 Å². The van der Waals surface area contributed by atoms with Gasteiger partial charge in [0.05, 0.1) is 20.1 Å². The van der Waals surface area contributed by atoms with Gasteiger partial charge >= 0.3 is 11.9 Å². The summed E-state index contributed by atoms with van der Waals surface area (Å²) in [4.78, 5) is 23.3. The van der Waals surface area contributed by atoms with E-state index in [2.05, 4.69) is 0 Å². The van der Waals surface area contributed by atoms with Crippen LogP contribution in [0, 0.1) is 0 Å². The van der Waals surface area contributed by atoms with Crippen molar-refractivity contribution < 1.29 is 19.1 Å². The lowest BCUT2D eigenvalue weighted by Crippen LogP contribution is -2.05. The average molecular weight is 434 g/mol. The van der Waals surface area contributed by atoms with E-state index in [1.54, 1.807) is 36.4 Å². The van der Waals surface area contributed by atoms with Gasteiger partial charge in [-0.1, -0.05) is 70.7 Å². The molecule has 0 bridgehead atoms. The summed E-state index contributed by atoms with van der Waals surface area (Å²) >= 11 is 23.7. The molecule has 4 nitrogen and oxygen atoms in total. The van der Waals surface area contributed by atoms with Crippen LogP contribution in [0.3, 0.4) is 0 Å². The molecule has 2 aromatic rings. The lowest BCUT2D eigenvalue weighted by molar-refractivity contribution is -0.141. The van der Waals surface area contributed by atoms with Crippen LogP contribution in [0.5, 0.6) is 0 Å². The molecule has 0 saturated carbocycles. The molecular weight excluding hydrogens is 422 g/mol. The number of esters is 2. The van der Waals surface area contributed by atoms with Gasteiger partial charge in [0, 0.05) is 23.3 Å². The topological polar surface area (TPSA) is 52.6 Å². The third-order valence-electron chi connectivity index (χ3n) is 3.16. The Bertz CT molecular complexity index is 780. The van der Waals surface area contributed by atoms with Crippen molar-refractivity contribution in [2.75, 3.05) is 0 Å². The molecule has 0 atom stereocenters. The van der Waals surface area contributed by atoms with Gasteiger partial charge in [-0.15, -0.1) is 0 Å². The minimum atomic E-state index is -0.723. The average Bonchev–Trinajstić information content (AvgIpc) is 2.62. The molecule has 2 aromatic carbocycles. The molecule has 0 radical (unpaired) electrons. The summed E-state index contributed by atoms with van der Waals surface area (Å²) in [6.07, 6.45) is 1.92. The molecule has 0 aliphatic heterocycles. The fraction of sp³-hybridized carbons (Fsp3) is 0.111. The molecule has 0 fully saturated rings. The fourth-order valence-electron chi connectivity index (χ4n) is 1.85. The molecule has 0 aliphatic rings. The molecule has 0 unspecified atom stereocenters. The molecule has 0 aromatic heterocycles. The van der Waals surface area contributed by atoms with Crippen LogP contribution in [-0.2, 0) is 32.3 Å². The van der Waals surface area contributed by atoms with Gasteiger partial charge in [0.25, 0.3) is 0 Å². The van der Waals surface area contributed by atoms with Crippen molar-refractivity contribution in [2.45, 2.75) is 13.2 Å². The highest BCUT2D eigenvalue weighted by molar-refractivity contribution is 6.42. The molecule has 8 heteroatoms. The van der Waals surface area contributed by atoms with E-state index in [1.807, 2.05) is 0 Å². The SMILES string of the molecule is O=C(/C=C/C(=O)OCc1cccc(Cl)c1Cl)OCc1cccc(Cl)c1Cl. The summed E-state index contributed by atoms with van der Waals surface area (Å²) < 4.78 is 9.99. The van der Waals surface area contributed by atoms with Crippen LogP contribution >= 0.6 is 46.4 Å². The van der Waals surface area contributed by atoms with Crippen molar-refractivity contribution in [1.82, 2.24) is 0 Å². The van der Waals surface area contributed by atoms with Crippen LogP contribution in [0.4, 0.5) is 0 Å². The Kier molecular flexibility index (Phi) is 7.79. The number of carbonyl (C=O) groups is 2. The number of benzene rings is 2. The third-order valence-corrected chi connectivity index (χ3v) is 4.87. The second-order valence-corrected chi connectivity index (χ2v) is 6.54. The van der Waals surface area contributed by atoms with Crippen LogP contribution in [0.15, 0.2) is 48.6 Å². The number of rotatable bonds is 6. The van der Waals surface area contributed by atoms with Crippen molar-refractivity contribution in [3.63, 3.8) is 0 Å². The summed E-state index contributed by atoms with van der Waals surface area (Å²) in [5, 5.41) is 1.34. The molecule has 0 amide bonds. The number of ether oxygens (including phenoxy) is 2. The first kappa shape index (κ1) is 20.6. The molecule has 136 valence electrons. The third kappa shape index (κ3) is 5.92. The number of halogens is 4. The molecule has 0 spiro atoms. The van der Waals surface area contributed by atoms with E-state index in [9.17, 15) is 9.59 Å². The highest BCUT2D eigenvalue weighted by Gasteiger charge is 2.08. The zero-order valence-corrected chi connectivity index (χ0v) is 16.2. The van der Waals surface area contributed by atoms with E-state index in [0.717, 1.165) is 12.2 Å². The number of hydrogen-bond donors (Lipinski definition) is 0. The Balaban J connectivity index is 1.82. The van der Waals surface area contributed by atoms with E-state index in [-0.39, 0.29) is 13.2 Å². The van der Waals surface area contributed by atoms with E-state index < -0.39 is 11.9 Å². The van der Waals surface area contributed by atoms with Gasteiger partial charge in [0.1, 0.15) is 13.2 Å². The Morgan fingerprint density at radius 2 is 1.12 bits per heavy atom. The van der Waals surface area contributed by atoms with Gasteiger partial charge in [-0.25, -0.2) is 9.59 Å². The standard InChI is InChI=1S/C18H12Cl4O4/c19-13-5-1-3-11(17(13)21)9-25-15(23)7-8-16(24)26-10-12-4-2-6-14(20)18(12)22/h1-8H,9-10H2/b8-7+. The number of carbonyl (C=O) groups excluding carboxylic acids is 2. The summed E-state index contributed by atoms with van der Waals surface area (Å²) in [6.45, 7) is -0.147. The van der Waals surface area contributed by atoms with E-state index in [0.29, 0.717) is 31.2 Å². The minimum Gasteiger partial charge on any atom is -0.458 e. The highest BCUT2D eigenvalue weighted by Crippen LogP contribution is 2.26. The van der Waals surface area contributed by atoms with Gasteiger partial charge < -0.3 is 9.47 Å². The second kappa shape index (κ2) is 9.83. The van der Waals surface area contributed by atoms with Crippen molar-refractivity contribution in [3.05, 3.63) is 79.8 Å². The first-order valence-corrected chi connectivity index (χ1v) is 8.77. The predicted octanol–water partition coefficient (Wildman–Crippen LogP) is 5.64. The predicted molar refractivity (Wildman–Crippen MR) is 102 cm³/mol. The van der Waals surface area contributed by atoms with Crippen LogP contribution < -0.4 is 0 Å². The first-order valence-electron chi connectivity index (χ1n) is 7.26. The molecule has 0 aliphatic carbocycles.